The van der Waals surface area contributed by atoms with Gasteiger partial charge in [-0.25, -0.2) is 0 Å². The van der Waals surface area contributed by atoms with Gasteiger partial charge in [0.05, 0.1) is 5.25 Å². The molecular formula is C12H11NO3S. The van der Waals surface area contributed by atoms with Crippen molar-refractivity contribution in [2.24, 2.45) is 5.73 Å². The molecule has 4 nitrogen and oxygen atoms in total. The van der Waals surface area contributed by atoms with Crippen molar-refractivity contribution in [2.45, 2.75) is 17.6 Å². The third-order valence-corrected chi connectivity index (χ3v) is 3.27. The van der Waals surface area contributed by atoms with Crippen LogP contribution in [0.1, 0.15) is 28.3 Å². The maximum Gasteiger partial charge on any atom is 0.248 e. The van der Waals surface area contributed by atoms with E-state index in [4.69, 9.17) is 5.73 Å². The molecule has 0 aliphatic heterocycles. The molecule has 2 unspecified atom stereocenters. The summed E-state index contributed by atoms with van der Waals surface area (Å²) in [6.45, 7) is 0. The van der Waals surface area contributed by atoms with E-state index in [0.717, 1.165) is 0 Å². The van der Waals surface area contributed by atoms with Crippen molar-refractivity contribution in [3.63, 3.8) is 0 Å². The Morgan fingerprint density at radius 1 is 1.35 bits per heavy atom. The Hall–Kier alpha value is -1.62. The first kappa shape index (κ1) is 11.9. The number of carbonyl (C=O) groups excluding carboxylic acids is 3. The van der Waals surface area contributed by atoms with Crippen LogP contribution in [-0.4, -0.2) is 22.7 Å². The number of nitrogens with two attached hydrogens (primary N) is 1. The highest BCUT2D eigenvalue weighted by Gasteiger charge is 2.40. The third kappa shape index (κ3) is 2.10. The molecule has 0 saturated heterocycles. The predicted molar refractivity (Wildman–Crippen MR) is 65.1 cm³/mol. The summed E-state index contributed by atoms with van der Waals surface area (Å²) in [5.74, 6) is -1.74. The highest BCUT2D eigenvalue weighted by molar-refractivity contribution is 7.82. The molecule has 1 aromatic rings. The molecule has 1 aliphatic carbocycles. The monoisotopic (exact) mass is 249 g/mol. The number of rotatable bonds is 2. The Morgan fingerprint density at radius 3 is 2.59 bits per heavy atom. The van der Waals surface area contributed by atoms with Crippen LogP contribution in [0.5, 0.6) is 0 Å². The number of amides is 1. The molecule has 1 amide bonds. The van der Waals surface area contributed by atoms with Crippen LogP contribution in [0.4, 0.5) is 0 Å². The second-order valence-corrected chi connectivity index (χ2v) is 4.63. The molecule has 88 valence electrons. The fourth-order valence-electron chi connectivity index (χ4n) is 1.98. The summed E-state index contributed by atoms with van der Waals surface area (Å²) in [4.78, 5) is 34.5. The van der Waals surface area contributed by atoms with E-state index in [-0.39, 0.29) is 18.0 Å². The first-order valence-corrected chi connectivity index (χ1v) is 5.66. The minimum absolute atomic E-state index is 0.146. The number of Topliss-reactive ketones (excluding diaryl/α,β-unsaturated/α-hetero) is 2. The van der Waals surface area contributed by atoms with Crippen molar-refractivity contribution in [1.29, 1.82) is 0 Å². The van der Waals surface area contributed by atoms with Gasteiger partial charge in [-0.2, -0.15) is 12.6 Å². The van der Waals surface area contributed by atoms with Crippen LogP contribution in [0.3, 0.4) is 0 Å². The topological polar surface area (TPSA) is 77.2 Å². The summed E-state index contributed by atoms with van der Waals surface area (Å²) in [7, 11) is 0. The van der Waals surface area contributed by atoms with E-state index in [9.17, 15) is 14.4 Å². The summed E-state index contributed by atoms with van der Waals surface area (Å²) >= 11 is 4.06. The van der Waals surface area contributed by atoms with Gasteiger partial charge in [-0.1, -0.05) is 12.1 Å². The summed E-state index contributed by atoms with van der Waals surface area (Å²) in [5, 5.41) is -0.537. The lowest BCUT2D eigenvalue weighted by atomic mass is 9.94. The van der Waals surface area contributed by atoms with Gasteiger partial charge in [-0.15, -0.1) is 0 Å². The number of carbonyl (C=O) groups is 3. The molecule has 1 saturated carbocycles. The van der Waals surface area contributed by atoms with Gasteiger partial charge in [-0.3, -0.25) is 14.4 Å². The van der Waals surface area contributed by atoms with Gasteiger partial charge in [0.15, 0.2) is 5.78 Å². The second kappa shape index (κ2) is 4.33. The number of hydrogen-bond acceptors (Lipinski definition) is 4. The van der Waals surface area contributed by atoms with Gasteiger partial charge < -0.3 is 5.73 Å². The summed E-state index contributed by atoms with van der Waals surface area (Å²) in [6, 6.07) is 6.31. The van der Waals surface area contributed by atoms with Crippen LogP contribution in [-0.2, 0) is 9.59 Å². The van der Waals surface area contributed by atoms with Gasteiger partial charge in [0.25, 0.3) is 0 Å². The Bertz CT molecular complexity index is 512. The smallest absolute Gasteiger partial charge is 0.248 e. The van der Waals surface area contributed by atoms with Crippen molar-refractivity contribution >= 4 is 30.1 Å². The van der Waals surface area contributed by atoms with Gasteiger partial charge in [0.1, 0.15) is 11.7 Å². The lowest BCUT2D eigenvalue weighted by Gasteiger charge is -2.08. The van der Waals surface area contributed by atoms with Crippen LogP contribution >= 0.6 is 12.6 Å². The molecule has 1 aromatic carbocycles. The number of thiol groups is 1. The van der Waals surface area contributed by atoms with Gasteiger partial charge >= 0.3 is 0 Å². The Labute approximate surface area is 104 Å². The number of hydrogen-bond donors (Lipinski definition) is 2. The number of benzene rings is 1. The van der Waals surface area contributed by atoms with Gasteiger partial charge in [0.2, 0.25) is 5.91 Å². The Balaban J connectivity index is 2.40. The maximum atomic E-state index is 11.8. The van der Waals surface area contributed by atoms with Crippen LogP contribution in [0.15, 0.2) is 24.3 Å². The van der Waals surface area contributed by atoms with Crippen LogP contribution in [0.25, 0.3) is 0 Å². The molecule has 1 fully saturated rings. The molecule has 0 radical (unpaired) electrons. The number of ketones is 2. The van der Waals surface area contributed by atoms with Crippen molar-refractivity contribution in [2.75, 3.05) is 0 Å². The zero-order valence-corrected chi connectivity index (χ0v) is 9.81. The molecule has 17 heavy (non-hydrogen) atoms. The molecule has 0 aromatic heterocycles. The molecular weight excluding hydrogens is 238 g/mol. The van der Waals surface area contributed by atoms with E-state index >= 15 is 0 Å². The first-order valence-electron chi connectivity index (χ1n) is 5.15. The minimum atomic E-state index is -0.795. The van der Waals surface area contributed by atoms with E-state index in [2.05, 4.69) is 12.6 Å². The fourth-order valence-corrected chi connectivity index (χ4v) is 2.31. The molecule has 1 aliphatic rings. The summed E-state index contributed by atoms with van der Waals surface area (Å²) in [5.41, 5.74) is 5.97. The average molecular weight is 249 g/mol. The standard InChI is InChI=1S/C12H11NO3S/c13-12(16)7-3-1-2-6(4-7)10-8(14)5-9(17)11(10)15/h1-4,9-10,17H,5H2,(H2,13,16). The molecule has 5 heteroatoms. The lowest BCUT2D eigenvalue weighted by molar-refractivity contribution is -0.123. The van der Waals surface area contributed by atoms with E-state index in [1.807, 2.05) is 0 Å². The van der Waals surface area contributed by atoms with E-state index < -0.39 is 17.1 Å². The number of primary amides is 1. The minimum Gasteiger partial charge on any atom is -0.366 e. The summed E-state index contributed by atoms with van der Waals surface area (Å²) < 4.78 is 0. The average Bonchev–Trinajstić information content (AvgIpc) is 2.53. The first-order chi connectivity index (χ1) is 8.00. The molecule has 0 bridgehead atoms. The third-order valence-electron chi connectivity index (χ3n) is 2.83. The van der Waals surface area contributed by atoms with Crippen LogP contribution in [0, 0.1) is 0 Å². The predicted octanol–water partition coefficient (Wildman–Crippen LogP) is 0.709. The van der Waals surface area contributed by atoms with E-state index in [1.165, 1.54) is 6.07 Å². The second-order valence-electron chi connectivity index (χ2n) is 4.01. The van der Waals surface area contributed by atoms with E-state index in [1.54, 1.807) is 18.2 Å². The normalized spacial score (nSPS) is 24.1. The molecule has 2 N–H and O–H groups in total. The van der Waals surface area contributed by atoms with Crippen molar-refractivity contribution in [1.82, 2.24) is 0 Å². The van der Waals surface area contributed by atoms with E-state index in [0.29, 0.717) is 11.1 Å². The maximum absolute atomic E-state index is 11.8. The Morgan fingerprint density at radius 2 is 2.06 bits per heavy atom. The Kier molecular flexibility index (Phi) is 3.02. The zero-order chi connectivity index (χ0) is 12.6. The van der Waals surface area contributed by atoms with Crippen LogP contribution in [0.2, 0.25) is 0 Å². The largest absolute Gasteiger partial charge is 0.366 e. The SMILES string of the molecule is NC(=O)c1cccc(C2C(=O)CC(S)C2=O)c1. The van der Waals surface area contributed by atoms with Gasteiger partial charge in [-0.05, 0) is 17.7 Å². The highest BCUT2D eigenvalue weighted by atomic mass is 32.1. The molecule has 0 spiro atoms. The van der Waals surface area contributed by atoms with Gasteiger partial charge in [0, 0.05) is 12.0 Å². The molecule has 2 rings (SSSR count). The lowest BCUT2D eigenvalue weighted by Crippen LogP contribution is -2.17. The zero-order valence-electron chi connectivity index (χ0n) is 8.92. The quantitative estimate of drug-likeness (QED) is 0.598. The van der Waals surface area contributed by atoms with Crippen molar-refractivity contribution in [3.05, 3.63) is 35.4 Å². The van der Waals surface area contributed by atoms with Crippen molar-refractivity contribution < 1.29 is 14.4 Å². The van der Waals surface area contributed by atoms with Crippen molar-refractivity contribution in [3.8, 4) is 0 Å². The molecule has 0 heterocycles. The summed E-state index contributed by atoms with van der Waals surface area (Å²) in [6.07, 6.45) is 0.146. The highest BCUT2D eigenvalue weighted by Crippen LogP contribution is 2.31. The van der Waals surface area contributed by atoms with Crippen LogP contribution < -0.4 is 5.73 Å². The fraction of sp³-hybridized carbons (Fsp3) is 0.250. The molecule has 2 atom stereocenters.